The number of hydrogen-bond donors (Lipinski definition) is 0. The Balaban J connectivity index is 2.53. The molecular formula is C6H4NOS. The summed E-state index contributed by atoms with van der Waals surface area (Å²) < 4.78 is 5.20. The van der Waals surface area contributed by atoms with Gasteiger partial charge in [-0.2, -0.15) is 0 Å². The monoisotopic (exact) mass is 138 g/mol. The number of nitrogens with zero attached hydrogens (tertiary/aromatic N) is 1. The number of rotatable bonds is 0. The van der Waals surface area contributed by atoms with Gasteiger partial charge in [0.1, 0.15) is 12.3 Å². The lowest BCUT2D eigenvalue weighted by Crippen LogP contribution is -1.96. The van der Waals surface area contributed by atoms with Gasteiger partial charge in [-0.1, -0.05) is 11.3 Å². The molecule has 45 valence electrons. The van der Waals surface area contributed by atoms with Crippen molar-refractivity contribution < 1.29 is 4.74 Å². The Labute approximate surface area is 56.8 Å². The Morgan fingerprint density at radius 3 is 3.67 bits per heavy atom. The summed E-state index contributed by atoms with van der Waals surface area (Å²) in [6, 6.07) is 0. The molecule has 0 bridgehead atoms. The van der Waals surface area contributed by atoms with E-state index in [1.807, 2.05) is 12.2 Å². The summed E-state index contributed by atoms with van der Waals surface area (Å²) in [6.45, 7) is 0.670. The standard InChI is InChI=1S/C6H4NOS/c1-2-5-6(8-3-1)9-4-7-5/h1-2H,3H2. The molecule has 9 heavy (non-hydrogen) atoms. The van der Waals surface area contributed by atoms with Gasteiger partial charge in [0.15, 0.2) is 5.51 Å². The summed E-state index contributed by atoms with van der Waals surface area (Å²) in [5.41, 5.74) is 3.66. The summed E-state index contributed by atoms with van der Waals surface area (Å²) in [5, 5.41) is 0.887. The van der Waals surface area contributed by atoms with Gasteiger partial charge in [0.05, 0.1) is 0 Å². The average Bonchev–Trinajstić information content (AvgIpc) is 2.33. The Morgan fingerprint density at radius 1 is 1.78 bits per heavy atom. The molecule has 2 heterocycles. The minimum atomic E-state index is 0.670. The van der Waals surface area contributed by atoms with Crippen molar-refractivity contribution in [3.63, 3.8) is 0 Å². The highest BCUT2D eigenvalue weighted by Gasteiger charge is 2.06. The van der Waals surface area contributed by atoms with Crippen molar-refractivity contribution in [3.8, 4) is 5.06 Å². The molecular weight excluding hydrogens is 134 g/mol. The quantitative estimate of drug-likeness (QED) is 0.540. The van der Waals surface area contributed by atoms with E-state index in [1.165, 1.54) is 11.3 Å². The van der Waals surface area contributed by atoms with Crippen LogP contribution in [-0.2, 0) is 0 Å². The van der Waals surface area contributed by atoms with Crippen LogP contribution in [0.1, 0.15) is 5.69 Å². The Bertz CT molecular complexity index is 241. The highest BCUT2D eigenvalue weighted by Crippen LogP contribution is 2.25. The fraction of sp³-hybridized carbons (Fsp3) is 0.167. The topological polar surface area (TPSA) is 22.1 Å². The second kappa shape index (κ2) is 1.84. The SMILES string of the molecule is [c]1nc2c(s1)OCC=C2. The van der Waals surface area contributed by atoms with Crippen molar-refractivity contribution in [2.75, 3.05) is 6.61 Å². The number of hydrogen-bond acceptors (Lipinski definition) is 3. The van der Waals surface area contributed by atoms with E-state index in [4.69, 9.17) is 4.74 Å². The summed E-state index contributed by atoms with van der Waals surface area (Å²) in [6.07, 6.45) is 3.89. The molecule has 0 N–H and O–H groups in total. The molecule has 0 atom stereocenters. The molecule has 0 spiro atoms. The molecule has 1 aromatic heterocycles. The van der Waals surface area contributed by atoms with E-state index < -0.39 is 0 Å². The average molecular weight is 138 g/mol. The fourth-order valence-corrected chi connectivity index (χ4v) is 1.28. The van der Waals surface area contributed by atoms with Crippen LogP contribution in [0, 0.1) is 5.51 Å². The van der Waals surface area contributed by atoms with Gasteiger partial charge in [0, 0.05) is 0 Å². The maximum absolute atomic E-state index is 5.20. The molecule has 1 aliphatic heterocycles. The molecule has 1 aromatic rings. The van der Waals surface area contributed by atoms with Crippen molar-refractivity contribution in [1.82, 2.24) is 4.98 Å². The first kappa shape index (κ1) is 4.99. The predicted octanol–water partition coefficient (Wildman–Crippen LogP) is 1.35. The number of ether oxygens (including phenoxy) is 1. The molecule has 1 aliphatic rings. The van der Waals surface area contributed by atoms with Crippen LogP contribution < -0.4 is 4.74 Å². The Kier molecular flexibility index (Phi) is 1.02. The lowest BCUT2D eigenvalue weighted by Gasteiger charge is -2.03. The van der Waals surface area contributed by atoms with Gasteiger partial charge >= 0.3 is 0 Å². The largest absolute Gasteiger partial charge is 0.478 e. The summed E-state index contributed by atoms with van der Waals surface area (Å²) in [7, 11) is 0. The molecule has 2 nitrogen and oxygen atoms in total. The van der Waals surface area contributed by atoms with Crippen LogP contribution in [-0.4, -0.2) is 11.6 Å². The van der Waals surface area contributed by atoms with E-state index in [1.54, 1.807) is 0 Å². The number of thiazole rings is 1. The van der Waals surface area contributed by atoms with Crippen molar-refractivity contribution in [1.29, 1.82) is 0 Å². The van der Waals surface area contributed by atoms with Crippen LogP contribution in [0.5, 0.6) is 5.06 Å². The van der Waals surface area contributed by atoms with E-state index in [2.05, 4.69) is 10.5 Å². The summed E-state index contributed by atoms with van der Waals surface area (Å²) in [5.74, 6) is 0. The second-order valence-corrected chi connectivity index (χ2v) is 2.45. The molecule has 2 rings (SSSR count). The molecule has 3 heteroatoms. The smallest absolute Gasteiger partial charge is 0.202 e. The third kappa shape index (κ3) is 0.733. The third-order valence-electron chi connectivity index (χ3n) is 1.10. The van der Waals surface area contributed by atoms with Crippen LogP contribution >= 0.6 is 11.3 Å². The maximum atomic E-state index is 5.20. The third-order valence-corrected chi connectivity index (χ3v) is 1.79. The van der Waals surface area contributed by atoms with Crippen LogP contribution in [0.3, 0.4) is 0 Å². The maximum Gasteiger partial charge on any atom is 0.202 e. The van der Waals surface area contributed by atoms with E-state index in [9.17, 15) is 0 Å². The van der Waals surface area contributed by atoms with Crippen molar-refractivity contribution >= 4 is 17.4 Å². The summed E-state index contributed by atoms with van der Waals surface area (Å²) in [4.78, 5) is 3.94. The van der Waals surface area contributed by atoms with Gasteiger partial charge in [-0.25, -0.2) is 4.98 Å². The van der Waals surface area contributed by atoms with Gasteiger partial charge < -0.3 is 4.74 Å². The molecule has 0 saturated carbocycles. The molecule has 0 aromatic carbocycles. The van der Waals surface area contributed by atoms with Crippen molar-refractivity contribution in [3.05, 3.63) is 17.3 Å². The first-order valence-electron chi connectivity index (χ1n) is 2.63. The van der Waals surface area contributed by atoms with Gasteiger partial charge in [-0.3, -0.25) is 0 Å². The van der Waals surface area contributed by atoms with Gasteiger partial charge in [-0.05, 0) is 12.2 Å². The van der Waals surface area contributed by atoms with Gasteiger partial charge in [0.25, 0.3) is 0 Å². The van der Waals surface area contributed by atoms with Crippen LogP contribution in [0.15, 0.2) is 6.08 Å². The minimum absolute atomic E-state index is 0.670. The number of fused-ring (bicyclic) bond motifs is 1. The van der Waals surface area contributed by atoms with Crippen LogP contribution in [0.25, 0.3) is 6.08 Å². The number of aromatic nitrogens is 1. The van der Waals surface area contributed by atoms with E-state index in [-0.39, 0.29) is 0 Å². The zero-order chi connectivity index (χ0) is 6.10. The van der Waals surface area contributed by atoms with Gasteiger partial charge in [0.2, 0.25) is 5.06 Å². The van der Waals surface area contributed by atoms with Crippen molar-refractivity contribution in [2.24, 2.45) is 0 Å². The molecule has 0 saturated heterocycles. The minimum Gasteiger partial charge on any atom is -0.478 e. The first-order valence-corrected chi connectivity index (χ1v) is 3.45. The summed E-state index contributed by atoms with van der Waals surface area (Å²) >= 11 is 1.42. The zero-order valence-electron chi connectivity index (χ0n) is 4.63. The fourth-order valence-electron chi connectivity index (χ4n) is 0.704. The molecule has 0 fully saturated rings. The molecule has 0 unspecified atom stereocenters. The molecule has 0 aliphatic carbocycles. The van der Waals surface area contributed by atoms with E-state index >= 15 is 0 Å². The normalized spacial score (nSPS) is 14.7. The predicted molar refractivity (Wildman–Crippen MR) is 35.5 cm³/mol. The second-order valence-electron chi connectivity index (χ2n) is 1.69. The Hall–Kier alpha value is -0.830. The molecule has 1 radical (unpaired) electrons. The zero-order valence-corrected chi connectivity index (χ0v) is 5.44. The highest BCUT2D eigenvalue weighted by atomic mass is 32.1. The van der Waals surface area contributed by atoms with Crippen LogP contribution in [0.2, 0.25) is 0 Å². The van der Waals surface area contributed by atoms with E-state index in [0.717, 1.165) is 10.8 Å². The van der Waals surface area contributed by atoms with E-state index in [0.29, 0.717) is 6.61 Å². The lowest BCUT2D eigenvalue weighted by atomic mass is 10.4. The lowest BCUT2D eigenvalue weighted by molar-refractivity contribution is 0.368. The van der Waals surface area contributed by atoms with Gasteiger partial charge in [-0.15, -0.1) is 0 Å². The molecule has 0 amide bonds. The van der Waals surface area contributed by atoms with Crippen LogP contribution in [0.4, 0.5) is 0 Å². The Morgan fingerprint density at radius 2 is 2.78 bits per heavy atom. The van der Waals surface area contributed by atoms with Crippen molar-refractivity contribution in [2.45, 2.75) is 0 Å². The first-order chi connectivity index (χ1) is 4.47. The highest BCUT2D eigenvalue weighted by molar-refractivity contribution is 7.11.